The highest BCUT2D eigenvalue weighted by atomic mass is 32.2. The lowest BCUT2D eigenvalue weighted by Gasteiger charge is -2.13. The molecule has 0 fully saturated rings. The zero-order chi connectivity index (χ0) is 44.0. The Morgan fingerprint density at radius 3 is 1.31 bits per heavy atom. The largest absolute Gasteiger partial charge is 0.491 e. The zero-order valence-electron chi connectivity index (χ0n) is 35.4. The van der Waals surface area contributed by atoms with Crippen LogP contribution in [0.15, 0.2) is 138 Å². The van der Waals surface area contributed by atoms with Crippen LogP contribution in [0.25, 0.3) is 33.0 Å². The first-order valence-electron chi connectivity index (χ1n) is 21.0. The minimum atomic E-state index is -0.00438. The molecule has 15 heteroatoms. The van der Waals surface area contributed by atoms with E-state index in [0.717, 1.165) is 61.1 Å². The maximum absolute atomic E-state index is 8.87. The van der Waals surface area contributed by atoms with E-state index in [4.69, 9.17) is 52.8 Å². The number of rotatable bonds is 28. The topological polar surface area (TPSA) is 124 Å². The van der Waals surface area contributed by atoms with Gasteiger partial charge < -0.3 is 52.8 Å². The van der Waals surface area contributed by atoms with E-state index in [2.05, 4.69) is 53.9 Å². The van der Waals surface area contributed by atoms with E-state index in [1.165, 1.54) is 13.4 Å². The molecule has 0 radical (unpaired) electrons. The summed E-state index contributed by atoms with van der Waals surface area (Å²) >= 11 is 6.77. The maximum Gasteiger partial charge on any atom is 0.165 e. The molecule has 2 heterocycles. The Hall–Kier alpha value is -4.26. The van der Waals surface area contributed by atoms with Crippen molar-refractivity contribution < 1.29 is 52.8 Å². The Morgan fingerprint density at radius 2 is 0.797 bits per heavy atom. The Labute approximate surface area is 391 Å². The van der Waals surface area contributed by atoms with Gasteiger partial charge in [0.25, 0.3) is 0 Å². The van der Waals surface area contributed by atoms with E-state index in [1.807, 2.05) is 66.1 Å². The van der Waals surface area contributed by atoms with Crippen LogP contribution in [0.2, 0.25) is 0 Å². The molecular formula is C49H52O11S4. The van der Waals surface area contributed by atoms with Crippen LogP contribution in [0.4, 0.5) is 0 Å². The smallest absolute Gasteiger partial charge is 0.165 e. The van der Waals surface area contributed by atoms with Crippen molar-refractivity contribution >= 4 is 57.8 Å². The van der Waals surface area contributed by atoms with E-state index >= 15 is 0 Å². The summed E-state index contributed by atoms with van der Waals surface area (Å²) in [5.41, 5.74) is 4.48. The highest BCUT2D eigenvalue weighted by molar-refractivity contribution is 8.33. The van der Waals surface area contributed by atoms with Crippen LogP contribution in [-0.2, 0) is 23.7 Å². The summed E-state index contributed by atoms with van der Waals surface area (Å²) < 4.78 is 54.3. The van der Waals surface area contributed by atoms with E-state index in [9.17, 15) is 0 Å². The van der Waals surface area contributed by atoms with E-state index in [1.54, 1.807) is 47.0 Å². The molecule has 7 rings (SSSR count). The van der Waals surface area contributed by atoms with Crippen molar-refractivity contribution in [3.8, 4) is 45.3 Å². The second kappa shape index (κ2) is 26.6. The molecule has 11 nitrogen and oxygen atoms in total. The molecule has 2 aliphatic heterocycles. The Morgan fingerprint density at radius 1 is 0.375 bits per heavy atom. The molecule has 0 aromatic heterocycles. The third kappa shape index (κ3) is 14.9. The average Bonchev–Trinajstić information content (AvgIpc) is 4.02. The van der Waals surface area contributed by atoms with Crippen LogP contribution in [0.1, 0.15) is 0 Å². The summed E-state index contributed by atoms with van der Waals surface area (Å²) in [5.74, 6) is 3.12. The summed E-state index contributed by atoms with van der Waals surface area (Å²) in [6.45, 7) is 5.60. The van der Waals surface area contributed by atoms with Crippen molar-refractivity contribution in [3.63, 3.8) is 0 Å². The van der Waals surface area contributed by atoms with Crippen molar-refractivity contribution in [2.45, 2.75) is 0 Å². The number of hydrogen-bond acceptors (Lipinski definition) is 15. The molecule has 0 amide bonds. The van der Waals surface area contributed by atoms with E-state index in [-0.39, 0.29) is 13.2 Å². The molecule has 2 N–H and O–H groups in total. The van der Waals surface area contributed by atoms with Gasteiger partial charge in [-0.1, -0.05) is 108 Å². The zero-order valence-corrected chi connectivity index (χ0v) is 38.6. The maximum atomic E-state index is 8.87. The van der Waals surface area contributed by atoms with E-state index < -0.39 is 0 Å². The lowest BCUT2D eigenvalue weighted by molar-refractivity contribution is 0.0585. The van der Waals surface area contributed by atoms with Crippen molar-refractivity contribution in [1.29, 1.82) is 0 Å². The van der Waals surface area contributed by atoms with Crippen molar-refractivity contribution in [2.24, 2.45) is 0 Å². The summed E-state index contributed by atoms with van der Waals surface area (Å²) in [6.07, 6.45) is 0. The van der Waals surface area contributed by atoms with Gasteiger partial charge in [0, 0.05) is 21.1 Å². The van der Waals surface area contributed by atoms with Gasteiger partial charge in [-0.3, -0.25) is 0 Å². The van der Waals surface area contributed by atoms with Gasteiger partial charge in [-0.15, -0.1) is 0 Å². The third-order valence-corrected chi connectivity index (χ3v) is 14.6. The number of aliphatic hydroxyl groups excluding tert-OH is 2. The van der Waals surface area contributed by atoms with Gasteiger partial charge >= 0.3 is 0 Å². The SMILES string of the molecule is OCCOCCOC1=CS/C(=C2\SC=C(COCCOc3ccc(-c4ccc(-c5ccc(OCCOCCOc6cccc7c(OCCOCCO)cccc67)cc5)cc4)cc3)S2)S1. The first kappa shape index (κ1) is 47.7. The van der Waals surface area contributed by atoms with Crippen LogP contribution in [0.5, 0.6) is 23.0 Å². The van der Waals surface area contributed by atoms with Gasteiger partial charge in [-0.2, -0.15) is 0 Å². The molecule has 0 unspecified atom stereocenters. The number of benzene rings is 5. The Bertz CT molecular complexity index is 2280. The molecule has 64 heavy (non-hydrogen) atoms. The second-order valence-corrected chi connectivity index (χ2v) is 18.3. The minimum Gasteiger partial charge on any atom is -0.491 e. The molecule has 0 saturated heterocycles. The van der Waals surface area contributed by atoms with Crippen LogP contribution in [0, 0.1) is 0 Å². The fourth-order valence-corrected chi connectivity index (χ4v) is 11.0. The lowest BCUT2D eigenvalue weighted by Crippen LogP contribution is -2.12. The van der Waals surface area contributed by atoms with Gasteiger partial charge in [0.1, 0.15) is 56.0 Å². The summed E-state index contributed by atoms with van der Waals surface area (Å²) in [7, 11) is 0. The molecule has 0 atom stereocenters. The number of aliphatic hydroxyl groups is 2. The fourth-order valence-electron chi connectivity index (χ4n) is 6.35. The normalized spacial score (nSPS) is 14.7. The van der Waals surface area contributed by atoms with Gasteiger partial charge in [0.15, 0.2) is 5.09 Å². The fraction of sp³-hybridized carbons (Fsp3) is 0.306. The molecule has 0 saturated carbocycles. The van der Waals surface area contributed by atoms with Gasteiger partial charge in [-0.05, 0) is 75.8 Å². The quantitative estimate of drug-likeness (QED) is 0.0462. The van der Waals surface area contributed by atoms with Gasteiger partial charge in [0.05, 0.1) is 74.5 Å². The molecule has 5 aromatic rings. The standard InChI is InChI=1S/C49H52O11S4/c50-19-21-52-24-30-58-45-5-1-4-44-43(45)3-2-6-46(44)59-31-25-54-23-28-56-40-15-11-38(12-16-40)36-7-9-37(10-8-36)39-13-17-41(18-14-39)57-29-27-55-33-42-34-61-48(63-42)49-62-35-47(64-49)60-32-26-53-22-20-51/h1-18,34-35,50-51H,19-33H2/b49-48-. The molecule has 0 bridgehead atoms. The molecule has 2 aliphatic rings. The predicted octanol–water partition coefficient (Wildman–Crippen LogP) is 10.2. The minimum absolute atomic E-state index is 0.00438. The Balaban J connectivity index is 0.747. The molecule has 5 aromatic carbocycles. The van der Waals surface area contributed by atoms with Crippen molar-refractivity contribution in [2.75, 3.05) is 99.1 Å². The van der Waals surface area contributed by atoms with Crippen LogP contribution >= 0.6 is 47.0 Å². The highest BCUT2D eigenvalue weighted by Crippen LogP contribution is 2.55. The average molecular weight is 945 g/mol. The number of ether oxygens (including phenoxy) is 9. The number of thioether (sulfide) groups is 4. The van der Waals surface area contributed by atoms with E-state index in [0.29, 0.717) is 85.9 Å². The summed E-state index contributed by atoms with van der Waals surface area (Å²) in [5, 5.41) is 24.6. The van der Waals surface area contributed by atoms with Gasteiger partial charge in [-0.25, -0.2) is 0 Å². The number of fused-ring (bicyclic) bond motifs is 1. The number of hydrogen-bond donors (Lipinski definition) is 2. The third-order valence-electron chi connectivity index (χ3n) is 9.40. The Kier molecular flexibility index (Phi) is 19.9. The van der Waals surface area contributed by atoms with Crippen LogP contribution < -0.4 is 18.9 Å². The second-order valence-electron chi connectivity index (χ2n) is 13.8. The van der Waals surface area contributed by atoms with Crippen LogP contribution in [0.3, 0.4) is 0 Å². The van der Waals surface area contributed by atoms with Gasteiger partial charge in [0.2, 0.25) is 0 Å². The summed E-state index contributed by atoms with van der Waals surface area (Å²) in [6, 6.07) is 36.6. The molecule has 0 spiro atoms. The van der Waals surface area contributed by atoms with Crippen molar-refractivity contribution in [3.05, 3.63) is 138 Å². The molecular weight excluding hydrogens is 893 g/mol. The first-order chi connectivity index (χ1) is 31.7. The summed E-state index contributed by atoms with van der Waals surface area (Å²) in [4.78, 5) is 1.18. The first-order valence-corrected chi connectivity index (χ1v) is 24.4. The molecule has 0 aliphatic carbocycles. The van der Waals surface area contributed by atoms with Crippen LogP contribution in [-0.4, -0.2) is 109 Å². The highest BCUT2D eigenvalue weighted by Gasteiger charge is 2.23. The monoisotopic (exact) mass is 944 g/mol. The van der Waals surface area contributed by atoms with Crippen molar-refractivity contribution in [1.82, 2.24) is 0 Å². The molecule has 338 valence electrons. The predicted molar refractivity (Wildman–Crippen MR) is 260 cm³/mol. The lowest BCUT2D eigenvalue weighted by atomic mass is 10.0.